The lowest BCUT2D eigenvalue weighted by molar-refractivity contribution is -0.0453. The number of nitrogens with zero attached hydrogens (tertiary/aromatic N) is 1. The molecule has 0 amide bonds. The number of likely N-dealkylation sites (N-methyl/N-ethyl adjacent to an activating group) is 1. The summed E-state index contributed by atoms with van der Waals surface area (Å²) in [5.41, 5.74) is 0.0859. The van der Waals surface area contributed by atoms with Gasteiger partial charge in [0, 0.05) is 25.7 Å². The zero-order valence-electron chi connectivity index (χ0n) is 16.6. The van der Waals surface area contributed by atoms with Gasteiger partial charge in [-0.05, 0) is 38.0 Å². The molecular formula is C18H21NO3. The number of piperidine rings is 1. The Labute approximate surface area is 135 Å². The summed E-state index contributed by atoms with van der Waals surface area (Å²) in [6.45, 7) is 0.560. The zero-order chi connectivity index (χ0) is 18.7. The van der Waals surface area contributed by atoms with Crippen LogP contribution < -0.4 is 9.47 Å². The summed E-state index contributed by atoms with van der Waals surface area (Å²) in [6, 6.07) is 2.86. The van der Waals surface area contributed by atoms with Crippen LogP contribution >= 0.6 is 0 Å². The zero-order valence-corrected chi connectivity index (χ0v) is 12.6. The molecule has 4 nitrogen and oxygen atoms in total. The quantitative estimate of drug-likeness (QED) is 0.799. The molecule has 2 aliphatic heterocycles. The van der Waals surface area contributed by atoms with E-state index in [4.69, 9.17) is 15.0 Å². The van der Waals surface area contributed by atoms with E-state index in [0.717, 1.165) is 0 Å². The van der Waals surface area contributed by atoms with E-state index >= 15 is 0 Å². The Morgan fingerprint density at radius 1 is 1.50 bits per heavy atom. The van der Waals surface area contributed by atoms with Crippen LogP contribution in [0.1, 0.15) is 23.0 Å². The van der Waals surface area contributed by atoms with Crippen LogP contribution in [0, 0.1) is 5.92 Å². The Kier molecular flexibility index (Phi) is 1.77. The maximum atomic E-state index is 10.8. The molecule has 2 unspecified atom stereocenters. The summed E-state index contributed by atoms with van der Waals surface area (Å²) in [4.78, 5) is 1.99. The Morgan fingerprint density at radius 3 is 3.18 bits per heavy atom. The highest BCUT2D eigenvalue weighted by atomic mass is 16.5. The third-order valence-corrected chi connectivity index (χ3v) is 5.64. The van der Waals surface area contributed by atoms with E-state index in [1.807, 2.05) is 11.9 Å². The standard InChI is InChI=1S/C18H21NO3/c1-19-8-7-18-11-4-5-13(20)17(18)22-16-14(21-2)6-3-10(15(16)18)9-12(11)19/h3-6,11-13,17,20H,7-9H2,1-2H3/t11-,12+,13?,17?,18-/m0/s1/i9D2,13D,17D. The second-order valence-electron chi connectivity index (χ2n) is 6.51. The summed E-state index contributed by atoms with van der Waals surface area (Å²) in [6.07, 6.45) is -2.34. The fourth-order valence-corrected chi connectivity index (χ4v) is 4.63. The largest absolute Gasteiger partial charge is 0.493 e. The third-order valence-electron chi connectivity index (χ3n) is 5.64. The molecule has 1 fully saturated rings. The van der Waals surface area contributed by atoms with Crippen molar-refractivity contribution in [3.05, 3.63) is 35.4 Å². The van der Waals surface area contributed by atoms with Crippen molar-refractivity contribution < 1.29 is 20.1 Å². The van der Waals surface area contributed by atoms with Gasteiger partial charge in [0.05, 0.1) is 9.85 Å². The number of likely N-dealkylation sites (tertiary alicyclic amines) is 1. The van der Waals surface area contributed by atoms with Gasteiger partial charge in [0.1, 0.15) is 12.2 Å². The van der Waals surface area contributed by atoms with Gasteiger partial charge in [-0.3, -0.25) is 0 Å². The minimum Gasteiger partial charge on any atom is -0.493 e. The van der Waals surface area contributed by atoms with Crippen molar-refractivity contribution in [2.45, 2.75) is 36.4 Å². The molecule has 4 aliphatic rings. The maximum Gasteiger partial charge on any atom is 0.165 e. The van der Waals surface area contributed by atoms with Gasteiger partial charge in [-0.1, -0.05) is 18.2 Å². The molecule has 1 aromatic rings. The Hall–Kier alpha value is -1.52. The summed E-state index contributed by atoms with van der Waals surface area (Å²) >= 11 is 0. The molecule has 1 spiro atoms. The molecule has 2 heterocycles. The normalized spacial score (nSPS) is 52.7. The molecule has 0 aromatic heterocycles. The predicted octanol–water partition coefficient (Wildman–Crippen LogP) is 1.50. The summed E-state index contributed by atoms with van der Waals surface area (Å²) in [5, 5.41) is 10.8. The highest BCUT2D eigenvalue weighted by Crippen LogP contribution is 2.62. The average molecular weight is 303 g/mol. The first-order valence-corrected chi connectivity index (χ1v) is 7.65. The van der Waals surface area contributed by atoms with E-state index in [9.17, 15) is 5.11 Å². The van der Waals surface area contributed by atoms with Crippen LogP contribution in [0.3, 0.4) is 0 Å². The second kappa shape index (κ2) is 4.06. The van der Waals surface area contributed by atoms with Crippen molar-refractivity contribution in [2.75, 3.05) is 20.7 Å². The number of benzene rings is 1. The first-order valence-electron chi connectivity index (χ1n) is 9.65. The van der Waals surface area contributed by atoms with Crippen LogP contribution in [-0.2, 0) is 11.8 Å². The van der Waals surface area contributed by atoms with Crippen LogP contribution in [0.5, 0.6) is 11.5 Å². The number of rotatable bonds is 1. The fraction of sp³-hybridized carbons (Fsp3) is 0.556. The van der Waals surface area contributed by atoms with Gasteiger partial charge in [0.2, 0.25) is 0 Å². The van der Waals surface area contributed by atoms with Crippen molar-refractivity contribution in [1.29, 1.82) is 0 Å². The van der Waals surface area contributed by atoms with E-state index in [-0.39, 0.29) is 5.92 Å². The number of ether oxygens (including phenoxy) is 2. The number of methoxy groups -OCH3 is 1. The van der Waals surface area contributed by atoms with Crippen LogP contribution in [-0.4, -0.2) is 48.9 Å². The predicted molar refractivity (Wildman–Crippen MR) is 82.5 cm³/mol. The van der Waals surface area contributed by atoms with Crippen molar-refractivity contribution >= 4 is 0 Å². The molecular weight excluding hydrogens is 278 g/mol. The number of hydrogen-bond donors (Lipinski definition) is 1. The molecule has 5 atom stereocenters. The van der Waals surface area contributed by atoms with E-state index in [1.165, 1.54) is 13.2 Å². The molecule has 2 bridgehead atoms. The van der Waals surface area contributed by atoms with Crippen LogP contribution in [0.2, 0.25) is 0 Å². The highest BCUT2D eigenvalue weighted by Gasteiger charge is 2.64. The maximum absolute atomic E-state index is 10.8. The fourth-order valence-electron chi connectivity index (χ4n) is 4.63. The minimum absolute atomic E-state index is 0.297. The van der Waals surface area contributed by atoms with Gasteiger partial charge < -0.3 is 19.5 Å². The highest BCUT2D eigenvalue weighted by molar-refractivity contribution is 5.62. The van der Waals surface area contributed by atoms with Gasteiger partial charge in [0.15, 0.2) is 11.5 Å². The molecule has 22 heavy (non-hydrogen) atoms. The minimum atomic E-state index is -2.24. The van der Waals surface area contributed by atoms with Crippen molar-refractivity contribution in [3.63, 3.8) is 0 Å². The van der Waals surface area contributed by atoms with Gasteiger partial charge in [-0.15, -0.1) is 0 Å². The number of aliphatic hydroxyl groups is 1. The Morgan fingerprint density at radius 2 is 2.36 bits per heavy atom. The second-order valence-corrected chi connectivity index (χ2v) is 6.51. The lowest BCUT2D eigenvalue weighted by Crippen LogP contribution is -2.64. The molecule has 0 saturated carbocycles. The van der Waals surface area contributed by atoms with E-state index in [1.54, 1.807) is 18.2 Å². The Balaban J connectivity index is 1.94. The molecule has 1 N–H and O–H groups in total. The molecule has 0 radical (unpaired) electrons. The van der Waals surface area contributed by atoms with Crippen molar-refractivity contribution in [2.24, 2.45) is 5.92 Å². The first-order chi connectivity index (χ1) is 12.1. The van der Waals surface area contributed by atoms with Crippen LogP contribution in [0.4, 0.5) is 0 Å². The van der Waals surface area contributed by atoms with Gasteiger partial charge in [-0.2, -0.15) is 0 Å². The average Bonchev–Trinajstić information content (AvgIpc) is 2.85. The summed E-state index contributed by atoms with van der Waals surface area (Å²) < 4.78 is 46.7. The third kappa shape index (κ3) is 1.28. The Bertz CT molecular complexity index is 857. The molecule has 1 aromatic carbocycles. The molecule has 4 heteroatoms. The SMILES string of the molecule is [2H]C1([2H])c2ccc(OC)c3c2[C@]24CCN(C)[C@H]1[C@@H]2C=CC([2H])(O)C4([2H])O3. The van der Waals surface area contributed by atoms with E-state index in [0.29, 0.717) is 35.6 Å². The topological polar surface area (TPSA) is 41.9 Å². The first kappa shape index (κ1) is 9.58. The molecule has 116 valence electrons. The van der Waals surface area contributed by atoms with Gasteiger partial charge in [-0.25, -0.2) is 0 Å². The molecule has 5 rings (SSSR count). The molecule has 2 aliphatic carbocycles. The smallest absolute Gasteiger partial charge is 0.165 e. The molecule has 1 saturated heterocycles. The van der Waals surface area contributed by atoms with E-state index in [2.05, 4.69) is 0 Å². The van der Waals surface area contributed by atoms with Crippen molar-refractivity contribution in [1.82, 2.24) is 4.90 Å². The van der Waals surface area contributed by atoms with Crippen molar-refractivity contribution in [3.8, 4) is 11.5 Å². The van der Waals surface area contributed by atoms with Gasteiger partial charge in [0.25, 0.3) is 0 Å². The monoisotopic (exact) mass is 303 g/mol. The lowest BCUT2D eigenvalue weighted by Gasteiger charge is -2.56. The summed E-state index contributed by atoms with van der Waals surface area (Å²) in [5.74, 6) is 0.327. The summed E-state index contributed by atoms with van der Waals surface area (Å²) in [7, 11) is 3.39. The van der Waals surface area contributed by atoms with Crippen LogP contribution in [0.15, 0.2) is 24.3 Å². The lowest BCUT2D eigenvalue weighted by atomic mass is 9.53. The number of hydrogen-bond acceptors (Lipinski definition) is 4. The van der Waals surface area contributed by atoms with Gasteiger partial charge >= 0.3 is 0 Å². The van der Waals surface area contributed by atoms with Crippen LogP contribution in [0.25, 0.3) is 0 Å². The van der Waals surface area contributed by atoms with E-state index < -0.39 is 30.0 Å².